The highest BCUT2D eigenvalue weighted by Gasteiger charge is 2.15. The molecule has 112 valence electrons. The molecule has 0 aliphatic rings. The highest BCUT2D eigenvalue weighted by Crippen LogP contribution is 2.26. The number of halogens is 3. The van der Waals surface area contributed by atoms with E-state index in [1.54, 1.807) is 31.2 Å². The van der Waals surface area contributed by atoms with Crippen LogP contribution in [0.25, 0.3) is 0 Å². The summed E-state index contributed by atoms with van der Waals surface area (Å²) in [6, 6.07) is 10.3. The predicted molar refractivity (Wildman–Crippen MR) is 73.4 cm³/mol. The molecule has 0 amide bonds. The molecular weight excluding hydrogens is 281 g/mol. The second-order valence-electron chi connectivity index (χ2n) is 4.56. The second kappa shape index (κ2) is 6.60. The molecule has 0 aliphatic carbocycles. The van der Waals surface area contributed by atoms with Gasteiger partial charge in [0.1, 0.15) is 11.6 Å². The summed E-state index contributed by atoms with van der Waals surface area (Å²) in [7, 11) is 0. The van der Waals surface area contributed by atoms with Crippen molar-refractivity contribution in [3.8, 4) is 5.75 Å². The van der Waals surface area contributed by atoms with Gasteiger partial charge in [0.15, 0.2) is 0 Å². The molecule has 2 aromatic rings. The highest BCUT2D eigenvalue weighted by atomic mass is 19.3. The van der Waals surface area contributed by atoms with E-state index in [-0.39, 0.29) is 11.6 Å². The van der Waals surface area contributed by atoms with Gasteiger partial charge in [0.25, 0.3) is 0 Å². The van der Waals surface area contributed by atoms with Crippen molar-refractivity contribution in [2.75, 3.05) is 0 Å². The van der Waals surface area contributed by atoms with Gasteiger partial charge in [-0.05, 0) is 41.8 Å². The van der Waals surface area contributed by atoms with Gasteiger partial charge < -0.3 is 4.74 Å². The van der Waals surface area contributed by atoms with Gasteiger partial charge in [-0.15, -0.1) is 0 Å². The summed E-state index contributed by atoms with van der Waals surface area (Å²) in [6.45, 7) is -1.25. The zero-order chi connectivity index (χ0) is 15.4. The average molecular weight is 296 g/mol. The van der Waals surface area contributed by atoms with Gasteiger partial charge in [0.2, 0.25) is 0 Å². The van der Waals surface area contributed by atoms with E-state index in [0.717, 1.165) is 5.56 Å². The number of alkyl halides is 2. The van der Waals surface area contributed by atoms with Gasteiger partial charge in [-0.2, -0.15) is 8.78 Å². The fraction of sp³-hybridized carbons (Fsp3) is 0.200. The van der Waals surface area contributed by atoms with Gasteiger partial charge in [0.05, 0.1) is 6.04 Å². The zero-order valence-corrected chi connectivity index (χ0v) is 11.3. The molecule has 3 N–H and O–H groups in total. The topological polar surface area (TPSA) is 47.3 Å². The summed E-state index contributed by atoms with van der Waals surface area (Å²) in [5, 5.41) is 0. The molecule has 0 fully saturated rings. The van der Waals surface area contributed by atoms with Crippen molar-refractivity contribution >= 4 is 0 Å². The zero-order valence-electron chi connectivity index (χ0n) is 11.3. The van der Waals surface area contributed by atoms with Crippen molar-refractivity contribution in [1.82, 2.24) is 5.43 Å². The van der Waals surface area contributed by atoms with Crippen LogP contribution in [-0.2, 0) is 0 Å². The smallest absolute Gasteiger partial charge is 0.387 e. The Morgan fingerprint density at radius 3 is 2.43 bits per heavy atom. The Morgan fingerprint density at radius 2 is 1.81 bits per heavy atom. The average Bonchev–Trinajstić information content (AvgIpc) is 2.43. The van der Waals surface area contributed by atoms with Gasteiger partial charge in [0, 0.05) is 0 Å². The van der Waals surface area contributed by atoms with Gasteiger partial charge in [-0.25, -0.2) is 9.82 Å². The van der Waals surface area contributed by atoms with Crippen LogP contribution in [0.2, 0.25) is 0 Å². The molecule has 0 spiro atoms. The third kappa shape index (κ3) is 3.74. The highest BCUT2D eigenvalue weighted by molar-refractivity contribution is 5.38. The van der Waals surface area contributed by atoms with E-state index in [9.17, 15) is 13.2 Å². The number of hydrazine groups is 1. The minimum Gasteiger partial charge on any atom is -0.435 e. The molecule has 2 aromatic carbocycles. The van der Waals surface area contributed by atoms with Crippen LogP contribution in [0.5, 0.6) is 5.75 Å². The molecule has 0 heterocycles. The van der Waals surface area contributed by atoms with Gasteiger partial charge >= 0.3 is 6.61 Å². The van der Waals surface area contributed by atoms with Crippen molar-refractivity contribution in [2.45, 2.75) is 19.6 Å². The number of rotatable bonds is 5. The molecule has 6 heteroatoms. The lowest BCUT2D eigenvalue weighted by Crippen LogP contribution is -2.29. The molecule has 0 radical (unpaired) electrons. The third-order valence-corrected chi connectivity index (χ3v) is 3.10. The summed E-state index contributed by atoms with van der Waals surface area (Å²) < 4.78 is 42.2. The van der Waals surface area contributed by atoms with Gasteiger partial charge in [-0.1, -0.05) is 24.3 Å². The largest absolute Gasteiger partial charge is 0.435 e. The Hall–Kier alpha value is -2.05. The number of hydrogen-bond donors (Lipinski definition) is 2. The van der Waals surface area contributed by atoms with E-state index < -0.39 is 12.7 Å². The Kier molecular flexibility index (Phi) is 4.82. The van der Waals surface area contributed by atoms with E-state index in [4.69, 9.17) is 5.84 Å². The maximum Gasteiger partial charge on any atom is 0.387 e. The normalized spacial score (nSPS) is 12.5. The van der Waals surface area contributed by atoms with Crippen molar-refractivity contribution in [3.05, 3.63) is 65.0 Å². The summed E-state index contributed by atoms with van der Waals surface area (Å²) >= 11 is 0. The first-order valence-corrected chi connectivity index (χ1v) is 6.28. The quantitative estimate of drug-likeness (QED) is 0.657. The number of nitrogens with one attached hydrogen (secondary N) is 1. The lowest BCUT2D eigenvalue weighted by Gasteiger charge is -2.18. The van der Waals surface area contributed by atoms with E-state index in [0.29, 0.717) is 11.1 Å². The SMILES string of the molecule is Cc1cc(C(NN)c2cccc(OC(F)F)c2)ccc1F. The number of ether oxygens (including phenoxy) is 1. The van der Waals surface area contributed by atoms with Crippen molar-refractivity contribution < 1.29 is 17.9 Å². The molecule has 0 bridgehead atoms. The Balaban J connectivity index is 2.34. The van der Waals surface area contributed by atoms with Crippen LogP contribution in [0.4, 0.5) is 13.2 Å². The first-order valence-electron chi connectivity index (χ1n) is 6.28. The second-order valence-corrected chi connectivity index (χ2v) is 4.56. The molecule has 0 saturated heterocycles. The van der Waals surface area contributed by atoms with E-state index >= 15 is 0 Å². The summed E-state index contributed by atoms with van der Waals surface area (Å²) in [6.07, 6.45) is 0. The molecule has 0 saturated carbocycles. The molecule has 1 unspecified atom stereocenters. The van der Waals surface area contributed by atoms with Crippen molar-refractivity contribution in [3.63, 3.8) is 0 Å². The predicted octanol–water partition coefficient (Wildman–Crippen LogP) is 3.29. The van der Waals surface area contributed by atoms with Crippen LogP contribution < -0.4 is 16.0 Å². The fourth-order valence-electron chi connectivity index (χ4n) is 2.10. The van der Waals surface area contributed by atoms with Crippen LogP contribution in [-0.4, -0.2) is 6.61 Å². The van der Waals surface area contributed by atoms with Crippen molar-refractivity contribution in [2.24, 2.45) is 5.84 Å². The molecular formula is C15H15F3N2O. The third-order valence-electron chi connectivity index (χ3n) is 3.10. The van der Waals surface area contributed by atoms with E-state index in [1.165, 1.54) is 18.2 Å². The monoisotopic (exact) mass is 296 g/mol. The van der Waals surface area contributed by atoms with Crippen LogP contribution in [0.3, 0.4) is 0 Å². The Morgan fingerprint density at radius 1 is 1.10 bits per heavy atom. The van der Waals surface area contributed by atoms with Crippen LogP contribution in [0.15, 0.2) is 42.5 Å². The minimum atomic E-state index is -2.89. The Bertz CT molecular complexity index is 620. The van der Waals surface area contributed by atoms with Crippen LogP contribution in [0, 0.1) is 12.7 Å². The molecule has 1 atom stereocenters. The van der Waals surface area contributed by atoms with E-state index in [2.05, 4.69) is 10.2 Å². The van der Waals surface area contributed by atoms with Gasteiger partial charge in [-0.3, -0.25) is 5.84 Å². The lowest BCUT2D eigenvalue weighted by atomic mass is 9.97. The number of benzene rings is 2. The first-order chi connectivity index (χ1) is 10.0. The maximum atomic E-state index is 13.3. The standard InChI is InChI=1S/C15H15F3N2O/c1-9-7-11(5-6-13(9)16)14(20-19)10-3-2-4-12(8-10)21-15(17)18/h2-8,14-15,20H,19H2,1H3. The minimum absolute atomic E-state index is 0.0431. The first kappa shape index (κ1) is 15.3. The number of nitrogens with two attached hydrogens (primary N) is 1. The number of hydrogen-bond acceptors (Lipinski definition) is 3. The summed E-state index contributed by atoms with van der Waals surface area (Å²) in [5.41, 5.74) is 4.44. The molecule has 2 rings (SSSR count). The molecule has 0 aromatic heterocycles. The van der Waals surface area contributed by atoms with Crippen LogP contribution in [0.1, 0.15) is 22.7 Å². The molecule has 3 nitrogen and oxygen atoms in total. The maximum absolute atomic E-state index is 13.3. The molecule has 0 aliphatic heterocycles. The molecule has 21 heavy (non-hydrogen) atoms. The lowest BCUT2D eigenvalue weighted by molar-refractivity contribution is -0.0498. The summed E-state index contributed by atoms with van der Waals surface area (Å²) in [4.78, 5) is 0. The fourth-order valence-corrected chi connectivity index (χ4v) is 2.10. The number of aryl methyl sites for hydroxylation is 1. The van der Waals surface area contributed by atoms with Crippen LogP contribution >= 0.6 is 0 Å². The Labute approximate surface area is 120 Å². The summed E-state index contributed by atoms with van der Waals surface area (Å²) in [5.74, 6) is 5.27. The van der Waals surface area contributed by atoms with E-state index in [1.807, 2.05) is 0 Å². The van der Waals surface area contributed by atoms with Crippen molar-refractivity contribution in [1.29, 1.82) is 0 Å².